The van der Waals surface area contributed by atoms with Crippen molar-refractivity contribution < 1.29 is 0 Å². The molecule has 3 heteroatoms. The minimum absolute atomic E-state index is 0.152. The predicted molar refractivity (Wildman–Crippen MR) is 92.7 cm³/mol. The van der Waals surface area contributed by atoms with Gasteiger partial charge in [0.25, 0.3) is 0 Å². The standard InChI is InChI=1S/C17H22BrNS/c1-17(2,3)19-11-15(9-13-7-8-20-12-13)14-5-4-6-16(18)10-14/h4-8,10,12,15,19H,9,11H2,1-3H3. The molecule has 1 N–H and O–H groups in total. The smallest absolute Gasteiger partial charge is 0.0178 e. The Morgan fingerprint density at radius 1 is 1.25 bits per heavy atom. The topological polar surface area (TPSA) is 12.0 Å². The number of hydrogen-bond donors (Lipinski definition) is 1. The number of thiophene rings is 1. The van der Waals surface area contributed by atoms with E-state index in [1.54, 1.807) is 11.3 Å². The lowest BCUT2D eigenvalue weighted by Crippen LogP contribution is -2.39. The van der Waals surface area contributed by atoms with Gasteiger partial charge in [-0.2, -0.15) is 11.3 Å². The number of hydrogen-bond acceptors (Lipinski definition) is 2. The third-order valence-electron chi connectivity index (χ3n) is 3.26. The van der Waals surface area contributed by atoms with Gasteiger partial charge in [-0.25, -0.2) is 0 Å². The van der Waals surface area contributed by atoms with E-state index in [0.717, 1.165) is 17.4 Å². The van der Waals surface area contributed by atoms with E-state index in [9.17, 15) is 0 Å². The van der Waals surface area contributed by atoms with Gasteiger partial charge in [0, 0.05) is 22.5 Å². The van der Waals surface area contributed by atoms with Crippen LogP contribution in [0.5, 0.6) is 0 Å². The van der Waals surface area contributed by atoms with E-state index in [4.69, 9.17) is 0 Å². The number of benzene rings is 1. The molecule has 0 saturated carbocycles. The van der Waals surface area contributed by atoms with Gasteiger partial charge in [-0.1, -0.05) is 28.1 Å². The van der Waals surface area contributed by atoms with Gasteiger partial charge in [-0.15, -0.1) is 0 Å². The molecule has 2 aromatic rings. The summed E-state index contributed by atoms with van der Waals surface area (Å²) < 4.78 is 1.15. The number of halogens is 1. The zero-order valence-corrected chi connectivity index (χ0v) is 14.7. The van der Waals surface area contributed by atoms with Crippen molar-refractivity contribution in [1.29, 1.82) is 0 Å². The first-order chi connectivity index (χ1) is 9.44. The molecule has 1 heterocycles. The molecule has 0 spiro atoms. The summed E-state index contributed by atoms with van der Waals surface area (Å²) in [7, 11) is 0. The Labute approximate surface area is 134 Å². The van der Waals surface area contributed by atoms with E-state index < -0.39 is 0 Å². The van der Waals surface area contributed by atoms with Crippen molar-refractivity contribution in [2.75, 3.05) is 6.54 Å². The Bertz CT molecular complexity index is 528. The zero-order chi connectivity index (χ0) is 14.6. The molecule has 1 unspecified atom stereocenters. The normalized spacial score (nSPS) is 13.4. The Balaban J connectivity index is 2.15. The van der Waals surface area contributed by atoms with Gasteiger partial charge in [0.1, 0.15) is 0 Å². The van der Waals surface area contributed by atoms with E-state index >= 15 is 0 Å². The summed E-state index contributed by atoms with van der Waals surface area (Å²) in [6.45, 7) is 7.65. The molecule has 0 bridgehead atoms. The van der Waals surface area contributed by atoms with Crippen LogP contribution in [0, 0.1) is 0 Å². The highest BCUT2D eigenvalue weighted by molar-refractivity contribution is 9.10. The SMILES string of the molecule is CC(C)(C)NCC(Cc1ccsc1)c1cccc(Br)c1. The molecular weight excluding hydrogens is 330 g/mol. The summed E-state index contributed by atoms with van der Waals surface area (Å²) in [5.74, 6) is 0.501. The largest absolute Gasteiger partial charge is 0.311 e. The molecule has 1 atom stereocenters. The fourth-order valence-electron chi connectivity index (χ4n) is 2.19. The average molecular weight is 352 g/mol. The molecule has 0 aliphatic rings. The van der Waals surface area contributed by atoms with Crippen LogP contribution in [0.1, 0.15) is 37.8 Å². The molecule has 0 fully saturated rings. The maximum Gasteiger partial charge on any atom is 0.0178 e. The minimum Gasteiger partial charge on any atom is -0.311 e. The van der Waals surface area contributed by atoms with Gasteiger partial charge in [-0.3, -0.25) is 0 Å². The maximum atomic E-state index is 3.64. The van der Waals surface area contributed by atoms with Crippen molar-refractivity contribution in [3.63, 3.8) is 0 Å². The first-order valence-corrected chi connectivity index (χ1v) is 8.69. The summed E-state index contributed by atoms with van der Waals surface area (Å²) in [6.07, 6.45) is 1.09. The quantitative estimate of drug-likeness (QED) is 0.777. The molecule has 1 aromatic carbocycles. The maximum absolute atomic E-state index is 3.64. The van der Waals surface area contributed by atoms with Crippen molar-refractivity contribution in [1.82, 2.24) is 5.32 Å². The van der Waals surface area contributed by atoms with E-state index in [1.165, 1.54) is 11.1 Å². The highest BCUT2D eigenvalue weighted by Crippen LogP contribution is 2.25. The molecule has 0 amide bonds. The van der Waals surface area contributed by atoms with Crippen LogP contribution < -0.4 is 5.32 Å². The van der Waals surface area contributed by atoms with Crippen LogP contribution in [-0.4, -0.2) is 12.1 Å². The number of rotatable bonds is 5. The molecule has 1 nitrogen and oxygen atoms in total. The molecule has 2 rings (SSSR count). The second-order valence-corrected chi connectivity index (χ2v) is 7.91. The Hall–Kier alpha value is -0.640. The van der Waals surface area contributed by atoms with Crippen molar-refractivity contribution in [3.05, 3.63) is 56.7 Å². The number of nitrogens with one attached hydrogen (secondary N) is 1. The van der Waals surface area contributed by atoms with Crippen LogP contribution in [0.25, 0.3) is 0 Å². The van der Waals surface area contributed by atoms with E-state index in [2.05, 4.69) is 83.1 Å². The second kappa shape index (κ2) is 6.88. The molecule has 1 aromatic heterocycles. The van der Waals surface area contributed by atoms with Gasteiger partial charge in [0.05, 0.1) is 0 Å². The highest BCUT2D eigenvalue weighted by atomic mass is 79.9. The summed E-state index contributed by atoms with van der Waals surface area (Å²) in [4.78, 5) is 0. The molecule has 0 aliphatic carbocycles. The fraction of sp³-hybridized carbons (Fsp3) is 0.412. The van der Waals surface area contributed by atoms with Crippen LogP contribution in [0.2, 0.25) is 0 Å². The molecule has 108 valence electrons. The van der Waals surface area contributed by atoms with Gasteiger partial charge < -0.3 is 5.32 Å². The molecular formula is C17H22BrNS. The van der Waals surface area contributed by atoms with Crippen molar-refractivity contribution >= 4 is 27.3 Å². The predicted octanol–water partition coefficient (Wildman–Crippen LogP) is 5.23. The van der Waals surface area contributed by atoms with Gasteiger partial charge in [0.15, 0.2) is 0 Å². The third kappa shape index (κ3) is 5.04. The van der Waals surface area contributed by atoms with Crippen LogP contribution in [0.3, 0.4) is 0 Å². The summed E-state index contributed by atoms with van der Waals surface area (Å²) in [6, 6.07) is 10.9. The third-order valence-corrected chi connectivity index (χ3v) is 4.49. The van der Waals surface area contributed by atoms with Crippen LogP contribution >= 0.6 is 27.3 Å². The molecule has 0 saturated heterocycles. The first-order valence-electron chi connectivity index (χ1n) is 6.95. The lowest BCUT2D eigenvalue weighted by atomic mass is 9.92. The molecule has 20 heavy (non-hydrogen) atoms. The van der Waals surface area contributed by atoms with E-state index in [-0.39, 0.29) is 5.54 Å². The molecule has 0 aliphatic heterocycles. The fourth-order valence-corrected chi connectivity index (χ4v) is 3.29. The Kier molecular flexibility index (Phi) is 5.42. The van der Waals surface area contributed by atoms with Crippen LogP contribution in [0.15, 0.2) is 45.6 Å². The van der Waals surface area contributed by atoms with Crippen molar-refractivity contribution in [2.45, 2.75) is 38.6 Å². The highest BCUT2D eigenvalue weighted by Gasteiger charge is 2.17. The van der Waals surface area contributed by atoms with Crippen LogP contribution in [0.4, 0.5) is 0 Å². The summed E-state index contributed by atoms with van der Waals surface area (Å²) in [5, 5.41) is 8.05. The average Bonchev–Trinajstić information content (AvgIpc) is 2.86. The van der Waals surface area contributed by atoms with Gasteiger partial charge >= 0.3 is 0 Å². The van der Waals surface area contributed by atoms with E-state index in [1.807, 2.05) is 0 Å². The van der Waals surface area contributed by atoms with Crippen molar-refractivity contribution in [2.24, 2.45) is 0 Å². The first kappa shape index (κ1) is 15.7. The summed E-state index contributed by atoms with van der Waals surface area (Å²) in [5.41, 5.74) is 2.97. The minimum atomic E-state index is 0.152. The lowest BCUT2D eigenvalue weighted by Gasteiger charge is -2.25. The van der Waals surface area contributed by atoms with Gasteiger partial charge in [-0.05, 0) is 67.3 Å². The van der Waals surface area contributed by atoms with E-state index in [0.29, 0.717) is 5.92 Å². The van der Waals surface area contributed by atoms with Crippen molar-refractivity contribution in [3.8, 4) is 0 Å². The Morgan fingerprint density at radius 2 is 2.05 bits per heavy atom. The van der Waals surface area contributed by atoms with Gasteiger partial charge in [0.2, 0.25) is 0 Å². The zero-order valence-electron chi connectivity index (χ0n) is 12.3. The monoisotopic (exact) mass is 351 g/mol. The molecule has 0 radical (unpaired) electrons. The Morgan fingerprint density at radius 3 is 2.65 bits per heavy atom. The van der Waals surface area contributed by atoms with Crippen LogP contribution in [-0.2, 0) is 6.42 Å². The second-order valence-electron chi connectivity index (χ2n) is 6.22. The lowest BCUT2D eigenvalue weighted by molar-refractivity contribution is 0.405. The summed E-state index contributed by atoms with van der Waals surface area (Å²) >= 11 is 5.35.